The lowest BCUT2D eigenvalue weighted by molar-refractivity contribution is -0.128. The molecule has 1 aromatic heterocycles. The molecule has 7 nitrogen and oxygen atoms in total. The molecular formula is C15H18N4O3S. The number of primary amides is 2. The lowest BCUT2D eigenvalue weighted by Crippen LogP contribution is -2.55. The second kappa shape index (κ2) is 6.66. The average molecular weight is 334 g/mol. The summed E-state index contributed by atoms with van der Waals surface area (Å²) in [6, 6.07) is 5.43. The molecule has 2 aromatic rings. The van der Waals surface area contributed by atoms with Gasteiger partial charge in [0, 0.05) is 9.58 Å². The number of nitrogens with one attached hydrogen (secondary N) is 2. The van der Waals surface area contributed by atoms with E-state index in [0.717, 1.165) is 20.5 Å². The van der Waals surface area contributed by atoms with Crippen molar-refractivity contribution in [3.8, 4) is 0 Å². The topological polar surface area (TPSA) is 127 Å². The second-order valence-corrected chi connectivity index (χ2v) is 6.25. The van der Waals surface area contributed by atoms with Gasteiger partial charge in [-0.25, -0.2) is 4.79 Å². The van der Waals surface area contributed by atoms with E-state index in [9.17, 15) is 14.4 Å². The molecule has 0 fully saturated rings. The van der Waals surface area contributed by atoms with E-state index >= 15 is 0 Å². The first kappa shape index (κ1) is 16.8. The molecule has 23 heavy (non-hydrogen) atoms. The zero-order valence-corrected chi connectivity index (χ0v) is 13.6. The van der Waals surface area contributed by atoms with E-state index in [1.807, 2.05) is 38.1 Å². The number of urea groups is 1. The third-order valence-electron chi connectivity index (χ3n) is 3.47. The van der Waals surface area contributed by atoms with Gasteiger partial charge in [0.05, 0.1) is 6.04 Å². The lowest BCUT2D eigenvalue weighted by Gasteiger charge is -2.17. The molecule has 8 heteroatoms. The van der Waals surface area contributed by atoms with Gasteiger partial charge in [-0.15, -0.1) is 11.3 Å². The molecule has 0 radical (unpaired) electrons. The summed E-state index contributed by atoms with van der Waals surface area (Å²) in [5.41, 5.74) is 11.1. The predicted molar refractivity (Wildman–Crippen MR) is 88.8 cm³/mol. The van der Waals surface area contributed by atoms with E-state index in [1.165, 1.54) is 0 Å². The van der Waals surface area contributed by atoms with Crippen molar-refractivity contribution < 1.29 is 14.4 Å². The molecule has 2 rings (SSSR count). The number of thiophene rings is 1. The van der Waals surface area contributed by atoms with Gasteiger partial charge in [-0.3, -0.25) is 9.59 Å². The van der Waals surface area contributed by atoms with Gasteiger partial charge in [-0.2, -0.15) is 0 Å². The molecule has 0 aliphatic heterocycles. The van der Waals surface area contributed by atoms with E-state index in [-0.39, 0.29) is 6.04 Å². The van der Waals surface area contributed by atoms with Crippen LogP contribution in [0.5, 0.6) is 0 Å². The Balaban J connectivity index is 2.12. The predicted octanol–water partition coefficient (Wildman–Crippen LogP) is 0.909. The fourth-order valence-corrected chi connectivity index (χ4v) is 3.54. The third-order valence-corrected chi connectivity index (χ3v) is 4.92. The molecule has 4 amide bonds. The Labute approximate surface area is 137 Å². The Hall–Kier alpha value is -2.61. The number of rotatable bonds is 5. The molecule has 0 aliphatic rings. The molecule has 1 heterocycles. The minimum atomic E-state index is -1.54. The Morgan fingerprint density at radius 1 is 1.09 bits per heavy atom. The third kappa shape index (κ3) is 3.59. The summed E-state index contributed by atoms with van der Waals surface area (Å²) in [5.74, 6) is -2.00. The van der Waals surface area contributed by atoms with Gasteiger partial charge in [0.15, 0.2) is 6.04 Å². The largest absolute Gasteiger partial charge is 0.367 e. The highest BCUT2D eigenvalue weighted by Gasteiger charge is 2.25. The molecule has 0 spiro atoms. The number of benzene rings is 1. The molecular weight excluding hydrogens is 316 g/mol. The molecule has 122 valence electrons. The maximum Gasteiger partial charge on any atom is 0.316 e. The van der Waals surface area contributed by atoms with E-state index in [4.69, 9.17) is 11.5 Å². The number of carbonyl (C=O) groups is 3. The lowest BCUT2D eigenvalue weighted by atomic mass is 10.1. The van der Waals surface area contributed by atoms with E-state index in [2.05, 4.69) is 10.6 Å². The van der Waals surface area contributed by atoms with Crippen LogP contribution in [-0.2, 0) is 9.59 Å². The Morgan fingerprint density at radius 3 is 2.26 bits per heavy atom. The number of carbonyl (C=O) groups excluding carboxylic acids is 3. The highest BCUT2D eigenvalue weighted by atomic mass is 32.1. The molecule has 0 aliphatic carbocycles. The van der Waals surface area contributed by atoms with Crippen LogP contribution in [0.25, 0.3) is 10.1 Å². The SMILES string of the molecule is Cc1c([C@@H](C)NC(=O)NC(C(N)=O)C(N)=O)sc2ccccc12. The van der Waals surface area contributed by atoms with Crippen molar-refractivity contribution in [2.45, 2.75) is 25.9 Å². The fourth-order valence-electron chi connectivity index (χ4n) is 2.32. The van der Waals surface area contributed by atoms with Gasteiger partial charge in [0.2, 0.25) is 11.8 Å². The first-order chi connectivity index (χ1) is 10.8. The Kier molecular flexibility index (Phi) is 4.85. The van der Waals surface area contributed by atoms with Gasteiger partial charge in [0.25, 0.3) is 0 Å². The summed E-state index contributed by atoms with van der Waals surface area (Å²) in [6.45, 7) is 3.81. The van der Waals surface area contributed by atoms with E-state index < -0.39 is 23.9 Å². The van der Waals surface area contributed by atoms with Gasteiger partial charge >= 0.3 is 6.03 Å². The highest BCUT2D eigenvalue weighted by Crippen LogP contribution is 2.34. The van der Waals surface area contributed by atoms with Crippen LogP contribution in [0.4, 0.5) is 4.79 Å². The summed E-state index contributed by atoms with van der Waals surface area (Å²) in [7, 11) is 0. The van der Waals surface area contributed by atoms with Crippen molar-refractivity contribution in [3.05, 3.63) is 34.7 Å². The van der Waals surface area contributed by atoms with Crippen LogP contribution in [0.2, 0.25) is 0 Å². The van der Waals surface area contributed by atoms with Crippen LogP contribution in [-0.4, -0.2) is 23.9 Å². The normalized spacial score (nSPS) is 12.1. The van der Waals surface area contributed by atoms with Gasteiger partial charge in [-0.1, -0.05) is 18.2 Å². The zero-order chi connectivity index (χ0) is 17.1. The first-order valence-corrected chi connectivity index (χ1v) is 7.76. The molecule has 0 saturated carbocycles. The number of fused-ring (bicyclic) bond motifs is 1. The van der Waals surface area contributed by atoms with Crippen molar-refractivity contribution in [3.63, 3.8) is 0 Å². The molecule has 1 aromatic carbocycles. The van der Waals surface area contributed by atoms with E-state index in [1.54, 1.807) is 11.3 Å². The molecule has 0 unspecified atom stereocenters. The standard InChI is InChI=1S/C15H18N4O3S/c1-7-9-5-3-4-6-10(9)23-12(7)8(2)18-15(22)19-11(13(16)20)14(17)21/h3-6,8,11H,1-2H3,(H2,16,20)(H2,17,21)(H2,18,19,22)/t8-/m1/s1. The summed E-state index contributed by atoms with van der Waals surface area (Å²) in [6.07, 6.45) is 0. The van der Waals surface area contributed by atoms with Crippen molar-refractivity contribution in [1.29, 1.82) is 0 Å². The number of hydrogen-bond acceptors (Lipinski definition) is 4. The number of hydrogen-bond donors (Lipinski definition) is 4. The number of amides is 4. The Morgan fingerprint density at radius 2 is 1.70 bits per heavy atom. The van der Waals surface area contributed by atoms with Crippen LogP contribution in [0.15, 0.2) is 24.3 Å². The molecule has 0 bridgehead atoms. The van der Waals surface area contributed by atoms with Gasteiger partial charge < -0.3 is 22.1 Å². The molecule has 1 atom stereocenters. The van der Waals surface area contributed by atoms with Crippen LogP contribution in [0, 0.1) is 6.92 Å². The summed E-state index contributed by atoms with van der Waals surface area (Å²) < 4.78 is 1.13. The quantitative estimate of drug-likeness (QED) is 0.607. The van der Waals surface area contributed by atoms with Crippen LogP contribution < -0.4 is 22.1 Å². The minimum Gasteiger partial charge on any atom is -0.367 e. The maximum atomic E-state index is 11.9. The zero-order valence-electron chi connectivity index (χ0n) is 12.8. The van der Waals surface area contributed by atoms with E-state index in [0.29, 0.717) is 0 Å². The van der Waals surface area contributed by atoms with Crippen LogP contribution >= 0.6 is 11.3 Å². The second-order valence-electron chi connectivity index (χ2n) is 5.16. The smallest absolute Gasteiger partial charge is 0.316 e. The number of nitrogens with two attached hydrogens (primary N) is 2. The first-order valence-electron chi connectivity index (χ1n) is 6.95. The Bertz CT molecular complexity index is 757. The maximum absolute atomic E-state index is 11.9. The monoisotopic (exact) mass is 334 g/mol. The van der Waals surface area contributed by atoms with Crippen LogP contribution in [0.1, 0.15) is 23.4 Å². The van der Waals surface area contributed by atoms with Crippen molar-refractivity contribution in [1.82, 2.24) is 10.6 Å². The summed E-state index contributed by atoms with van der Waals surface area (Å²) in [5, 5.41) is 5.99. The fraction of sp³-hybridized carbons (Fsp3) is 0.267. The number of aryl methyl sites for hydroxylation is 1. The van der Waals surface area contributed by atoms with Crippen molar-refractivity contribution in [2.75, 3.05) is 0 Å². The van der Waals surface area contributed by atoms with Crippen molar-refractivity contribution >= 4 is 39.3 Å². The van der Waals surface area contributed by atoms with Crippen molar-refractivity contribution in [2.24, 2.45) is 11.5 Å². The molecule has 0 saturated heterocycles. The average Bonchev–Trinajstić information content (AvgIpc) is 2.82. The van der Waals surface area contributed by atoms with Gasteiger partial charge in [0.1, 0.15) is 0 Å². The highest BCUT2D eigenvalue weighted by molar-refractivity contribution is 7.19. The summed E-state index contributed by atoms with van der Waals surface area (Å²) >= 11 is 1.58. The summed E-state index contributed by atoms with van der Waals surface area (Å²) in [4.78, 5) is 35.1. The molecule has 6 N–H and O–H groups in total. The minimum absolute atomic E-state index is 0.297. The van der Waals surface area contributed by atoms with Crippen LogP contribution in [0.3, 0.4) is 0 Å². The van der Waals surface area contributed by atoms with Gasteiger partial charge in [-0.05, 0) is 30.9 Å².